The van der Waals surface area contributed by atoms with Crippen LogP contribution in [0.15, 0.2) is 54.6 Å². The van der Waals surface area contributed by atoms with Crippen molar-refractivity contribution in [3.05, 3.63) is 71.3 Å². The van der Waals surface area contributed by atoms with E-state index in [9.17, 15) is 4.79 Å². The Kier molecular flexibility index (Phi) is 11.0. The van der Waals surface area contributed by atoms with Crippen LogP contribution in [0.25, 0.3) is 0 Å². The molecule has 2 aromatic carbocycles. The fourth-order valence-corrected chi connectivity index (χ4v) is 3.84. The summed E-state index contributed by atoms with van der Waals surface area (Å²) in [6.07, 6.45) is 0.943. The highest BCUT2D eigenvalue weighted by atomic mass is 16.6. The summed E-state index contributed by atoms with van der Waals surface area (Å²) in [5, 5.41) is 2.68. The SMILES string of the molecule is CC(C)(C)OC(=O)NCCOCc1ccc(COCCO[C@@H]2CCN(Cc3ccccc3)C2)cc1. The summed E-state index contributed by atoms with van der Waals surface area (Å²) in [7, 11) is 0. The molecule has 192 valence electrons. The quantitative estimate of drug-likeness (QED) is 0.421. The lowest BCUT2D eigenvalue weighted by Gasteiger charge is -2.19. The summed E-state index contributed by atoms with van der Waals surface area (Å²) < 4.78 is 22.6. The van der Waals surface area contributed by atoms with Crippen LogP contribution in [0.5, 0.6) is 0 Å². The molecule has 0 unspecified atom stereocenters. The molecule has 2 aromatic rings. The minimum atomic E-state index is -0.496. The Balaban J connectivity index is 1.20. The molecule has 3 rings (SSSR count). The van der Waals surface area contributed by atoms with Crippen molar-refractivity contribution >= 4 is 6.09 Å². The highest BCUT2D eigenvalue weighted by molar-refractivity contribution is 5.67. The van der Waals surface area contributed by atoms with Crippen molar-refractivity contribution in [2.45, 2.75) is 58.7 Å². The maximum atomic E-state index is 11.6. The first-order valence-corrected chi connectivity index (χ1v) is 12.5. The molecule has 0 saturated carbocycles. The number of nitrogens with zero attached hydrogens (tertiary/aromatic N) is 1. The lowest BCUT2D eigenvalue weighted by molar-refractivity contribution is 0.00416. The number of rotatable bonds is 13. The number of carbonyl (C=O) groups is 1. The van der Waals surface area contributed by atoms with Gasteiger partial charge in [-0.3, -0.25) is 4.90 Å². The largest absolute Gasteiger partial charge is 0.444 e. The number of hydrogen-bond donors (Lipinski definition) is 1. The molecule has 0 spiro atoms. The molecular formula is C28H40N2O5. The van der Waals surface area contributed by atoms with Crippen molar-refractivity contribution < 1.29 is 23.7 Å². The Morgan fingerprint density at radius 2 is 1.57 bits per heavy atom. The van der Waals surface area contributed by atoms with E-state index in [1.165, 1.54) is 5.56 Å². The van der Waals surface area contributed by atoms with Gasteiger partial charge in [0.15, 0.2) is 0 Å². The lowest BCUT2D eigenvalue weighted by Crippen LogP contribution is -2.34. The maximum absolute atomic E-state index is 11.6. The number of alkyl carbamates (subject to hydrolysis) is 1. The van der Waals surface area contributed by atoms with E-state index in [1.807, 2.05) is 32.9 Å². The molecule has 1 heterocycles. The summed E-state index contributed by atoms with van der Waals surface area (Å²) in [6, 6.07) is 18.8. The summed E-state index contributed by atoms with van der Waals surface area (Å²) in [6.45, 7) is 11.7. The second kappa shape index (κ2) is 14.2. The van der Waals surface area contributed by atoms with Crippen molar-refractivity contribution in [2.75, 3.05) is 39.5 Å². The summed E-state index contributed by atoms with van der Waals surface area (Å²) in [5.41, 5.74) is 3.06. The molecule has 1 atom stereocenters. The van der Waals surface area contributed by atoms with Crippen LogP contribution in [-0.2, 0) is 38.7 Å². The van der Waals surface area contributed by atoms with Gasteiger partial charge in [-0.1, -0.05) is 54.6 Å². The first kappa shape index (κ1) is 27.1. The van der Waals surface area contributed by atoms with Crippen LogP contribution in [-0.4, -0.2) is 62.2 Å². The third-order valence-electron chi connectivity index (χ3n) is 5.53. The van der Waals surface area contributed by atoms with E-state index in [0.717, 1.165) is 37.2 Å². The lowest BCUT2D eigenvalue weighted by atomic mass is 10.1. The first-order chi connectivity index (χ1) is 16.9. The molecule has 0 radical (unpaired) electrons. The van der Waals surface area contributed by atoms with Gasteiger partial charge in [0, 0.05) is 26.2 Å². The fraction of sp³-hybridized carbons (Fsp3) is 0.536. The van der Waals surface area contributed by atoms with Gasteiger partial charge in [0.1, 0.15) is 5.60 Å². The third-order valence-corrected chi connectivity index (χ3v) is 5.53. The number of hydrogen-bond acceptors (Lipinski definition) is 6. The molecule has 1 amide bonds. The minimum Gasteiger partial charge on any atom is -0.444 e. The van der Waals surface area contributed by atoms with Gasteiger partial charge in [0.05, 0.1) is 39.1 Å². The van der Waals surface area contributed by atoms with Crippen LogP contribution in [0.4, 0.5) is 4.79 Å². The van der Waals surface area contributed by atoms with Crippen molar-refractivity contribution in [1.29, 1.82) is 0 Å². The van der Waals surface area contributed by atoms with Crippen LogP contribution in [0.2, 0.25) is 0 Å². The van der Waals surface area contributed by atoms with E-state index in [1.54, 1.807) is 0 Å². The highest BCUT2D eigenvalue weighted by Gasteiger charge is 2.22. The number of benzene rings is 2. The maximum Gasteiger partial charge on any atom is 0.407 e. The molecular weight excluding hydrogens is 444 g/mol. The van der Waals surface area contributed by atoms with Gasteiger partial charge in [-0.05, 0) is 43.9 Å². The van der Waals surface area contributed by atoms with E-state index in [-0.39, 0.29) is 0 Å². The molecule has 0 aromatic heterocycles. The standard InChI is InChI=1S/C28H40N2O5/c1-28(2,3)35-27(31)29-14-16-32-21-24-9-11-25(12-10-24)22-33-17-18-34-26-13-15-30(20-26)19-23-7-5-4-6-8-23/h4-12,26H,13-22H2,1-3H3,(H,29,31)/t26-/m1/s1. The van der Waals surface area contributed by atoms with Crippen LogP contribution in [0, 0.1) is 0 Å². The monoisotopic (exact) mass is 484 g/mol. The van der Waals surface area contributed by atoms with Crippen LogP contribution in [0.3, 0.4) is 0 Å². The second-order valence-corrected chi connectivity index (χ2v) is 9.85. The van der Waals surface area contributed by atoms with Gasteiger partial charge in [-0.15, -0.1) is 0 Å². The smallest absolute Gasteiger partial charge is 0.407 e. The van der Waals surface area contributed by atoms with Crippen LogP contribution in [0.1, 0.15) is 43.9 Å². The average Bonchev–Trinajstić information content (AvgIpc) is 3.26. The molecule has 7 heteroatoms. The molecule has 1 fully saturated rings. The molecule has 1 saturated heterocycles. The summed E-state index contributed by atoms with van der Waals surface area (Å²) >= 11 is 0. The first-order valence-electron chi connectivity index (χ1n) is 12.5. The minimum absolute atomic E-state index is 0.293. The zero-order valence-electron chi connectivity index (χ0n) is 21.3. The van der Waals surface area contributed by atoms with Crippen molar-refractivity contribution in [1.82, 2.24) is 10.2 Å². The average molecular weight is 485 g/mol. The molecule has 1 aliphatic heterocycles. The van der Waals surface area contributed by atoms with Gasteiger partial charge >= 0.3 is 6.09 Å². The number of ether oxygens (including phenoxy) is 4. The molecule has 35 heavy (non-hydrogen) atoms. The van der Waals surface area contributed by atoms with Gasteiger partial charge in [0.25, 0.3) is 0 Å². The number of likely N-dealkylation sites (tertiary alicyclic amines) is 1. The van der Waals surface area contributed by atoms with Crippen molar-refractivity contribution in [2.24, 2.45) is 0 Å². The predicted molar refractivity (Wildman–Crippen MR) is 136 cm³/mol. The number of carbonyl (C=O) groups excluding carboxylic acids is 1. The van der Waals surface area contributed by atoms with Gasteiger partial charge in [0.2, 0.25) is 0 Å². The van der Waals surface area contributed by atoms with Crippen molar-refractivity contribution in [3.63, 3.8) is 0 Å². The summed E-state index contributed by atoms with van der Waals surface area (Å²) in [5.74, 6) is 0. The van der Waals surface area contributed by atoms with E-state index >= 15 is 0 Å². The molecule has 0 aliphatic carbocycles. The third kappa shape index (κ3) is 11.2. The van der Waals surface area contributed by atoms with Gasteiger partial charge < -0.3 is 24.3 Å². The molecule has 0 bridgehead atoms. The molecule has 1 aliphatic rings. The molecule has 1 N–H and O–H groups in total. The van der Waals surface area contributed by atoms with Crippen LogP contribution < -0.4 is 5.32 Å². The summed E-state index contributed by atoms with van der Waals surface area (Å²) in [4.78, 5) is 14.0. The Labute approximate surface area is 209 Å². The van der Waals surface area contributed by atoms with Gasteiger partial charge in [-0.2, -0.15) is 0 Å². The van der Waals surface area contributed by atoms with E-state index in [4.69, 9.17) is 18.9 Å². The fourth-order valence-electron chi connectivity index (χ4n) is 3.84. The Bertz CT molecular complexity index is 867. The highest BCUT2D eigenvalue weighted by Crippen LogP contribution is 2.16. The predicted octanol–water partition coefficient (Wildman–Crippen LogP) is 4.54. The Morgan fingerprint density at radius 1 is 0.914 bits per heavy atom. The van der Waals surface area contributed by atoms with Crippen molar-refractivity contribution in [3.8, 4) is 0 Å². The van der Waals surface area contributed by atoms with E-state index in [0.29, 0.717) is 45.7 Å². The Hall–Kier alpha value is -2.45. The normalized spacial score (nSPS) is 16.4. The number of amides is 1. The van der Waals surface area contributed by atoms with E-state index in [2.05, 4.69) is 52.7 Å². The second-order valence-electron chi connectivity index (χ2n) is 9.85. The van der Waals surface area contributed by atoms with Gasteiger partial charge in [-0.25, -0.2) is 4.79 Å². The topological polar surface area (TPSA) is 69.3 Å². The van der Waals surface area contributed by atoms with Crippen LogP contribution >= 0.6 is 0 Å². The zero-order valence-corrected chi connectivity index (χ0v) is 21.3. The van der Waals surface area contributed by atoms with E-state index < -0.39 is 11.7 Å². The number of nitrogens with one attached hydrogen (secondary N) is 1. The zero-order chi connectivity index (χ0) is 24.9. The molecule has 7 nitrogen and oxygen atoms in total. The Morgan fingerprint density at radius 3 is 2.23 bits per heavy atom.